The first-order valence-electron chi connectivity index (χ1n) is 6.31. The van der Waals surface area contributed by atoms with E-state index in [1.54, 1.807) is 18.4 Å². The Balaban J connectivity index is 0.00000147. The molecule has 7 heteroatoms. The molecular weight excluding hydrogens is 298 g/mol. The van der Waals surface area contributed by atoms with Crippen molar-refractivity contribution in [2.45, 2.75) is 38.1 Å². The van der Waals surface area contributed by atoms with Crippen molar-refractivity contribution in [1.82, 2.24) is 10.1 Å². The van der Waals surface area contributed by atoms with Gasteiger partial charge in [-0.25, -0.2) is 0 Å². The number of Topliss-reactive ketones (excluding diaryl/α,β-unsaturated/α-hetero) is 1. The molecule has 108 valence electrons. The molecule has 2 aromatic heterocycles. The predicted octanol–water partition coefficient (Wildman–Crippen LogP) is 3.15. The van der Waals surface area contributed by atoms with Gasteiger partial charge in [-0.1, -0.05) is 18.0 Å². The fourth-order valence-electron chi connectivity index (χ4n) is 2.39. The van der Waals surface area contributed by atoms with Gasteiger partial charge in [0.25, 0.3) is 5.89 Å². The summed E-state index contributed by atoms with van der Waals surface area (Å²) >= 11 is 1.43. The molecule has 1 saturated carbocycles. The van der Waals surface area contributed by atoms with Gasteiger partial charge in [0.1, 0.15) is 0 Å². The van der Waals surface area contributed by atoms with Crippen molar-refractivity contribution in [2.75, 3.05) is 0 Å². The maximum Gasteiger partial charge on any atom is 0.268 e. The molecule has 1 aliphatic carbocycles. The van der Waals surface area contributed by atoms with Crippen LogP contribution in [0.25, 0.3) is 10.8 Å². The van der Waals surface area contributed by atoms with E-state index in [2.05, 4.69) is 10.1 Å². The SMILES string of the molecule is CC(=O)c1csc(-c2nc(C3(N)CCCC3)no2)c1.Cl. The Hall–Kier alpha value is -1.24. The normalized spacial score (nSPS) is 16.9. The van der Waals surface area contributed by atoms with E-state index in [4.69, 9.17) is 10.3 Å². The summed E-state index contributed by atoms with van der Waals surface area (Å²) in [5, 5.41) is 5.81. The van der Waals surface area contributed by atoms with E-state index in [0.717, 1.165) is 30.6 Å². The maximum atomic E-state index is 11.3. The van der Waals surface area contributed by atoms with Gasteiger partial charge >= 0.3 is 0 Å². The lowest BCUT2D eigenvalue weighted by molar-refractivity contribution is 0.101. The van der Waals surface area contributed by atoms with Crippen LogP contribution in [0.3, 0.4) is 0 Å². The van der Waals surface area contributed by atoms with Gasteiger partial charge in [-0.3, -0.25) is 4.79 Å². The van der Waals surface area contributed by atoms with Crippen molar-refractivity contribution in [3.63, 3.8) is 0 Å². The largest absolute Gasteiger partial charge is 0.333 e. The Morgan fingerprint density at radius 1 is 1.45 bits per heavy atom. The van der Waals surface area contributed by atoms with Crippen molar-refractivity contribution in [3.05, 3.63) is 22.8 Å². The highest BCUT2D eigenvalue weighted by atomic mass is 35.5. The molecule has 1 aliphatic rings. The summed E-state index contributed by atoms with van der Waals surface area (Å²) in [6.07, 6.45) is 4.01. The monoisotopic (exact) mass is 313 g/mol. The molecule has 2 aromatic rings. The summed E-state index contributed by atoms with van der Waals surface area (Å²) in [7, 11) is 0. The Labute approximate surface area is 127 Å². The molecule has 0 aliphatic heterocycles. The van der Waals surface area contributed by atoms with Gasteiger partial charge in [0.15, 0.2) is 11.6 Å². The molecule has 0 atom stereocenters. The number of thiophene rings is 1. The Morgan fingerprint density at radius 2 is 2.15 bits per heavy atom. The Bertz CT molecular complexity index is 617. The molecular formula is C13H16ClN3O2S. The number of ketones is 1. The molecule has 0 saturated heterocycles. The third-order valence-electron chi connectivity index (χ3n) is 3.58. The molecule has 0 radical (unpaired) electrons. The highest BCUT2D eigenvalue weighted by molar-refractivity contribution is 7.13. The van der Waals surface area contributed by atoms with Crippen molar-refractivity contribution in [3.8, 4) is 10.8 Å². The molecule has 0 bridgehead atoms. The molecule has 0 aromatic carbocycles. The van der Waals surface area contributed by atoms with Gasteiger partial charge in [0.05, 0.1) is 10.4 Å². The van der Waals surface area contributed by atoms with E-state index < -0.39 is 5.54 Å². The summed E-state index contributed by atoms with van der Waals surface area (Å²) in [5.41, 5.74) is 6.52. The van der Waals surface area contributed by atoms with Gasteiger partial charge in [-0.2, -0.15) is 4.98 Å². The van der Waals surface area contributed by atoms with Crippen LogP contribution in [0.2, 0.25) is 0 Å². The predicted molar refractivity (Wildman–Crippen MR) is 79.2 cm³/mol. The molecule has 2 heterocycles. The van der Waals surface area contributed by atoms with Crippen LogP contribution in [0.15, 0.2) is 16.0 Å². The summed E-state index contributed by atoms with van der Waals surface area (Å²) in [6.45, 7) is 1.54. The number of halogens is 1. The van der Waals surface area contributed by atoms with Crippen LogP contribution in [0.1, 0.15) is 48.8 Å². The molecule has 20 heavy (non-hydrogen) atoms. The fraction of sp³-hybridized carbons (Fsp3) is 0.462. The van der Waals surface area contributed by atoms with Gasteiger partial charge in [-0.15, -0.1) is 23.7 Å². The molecule has 0 spiro atoms. The standard InChI is InChI=1S/C13H15N3O2S.ClH/c1-8(17)9-6-10(19-7-9)11-15-12(16-18-11)13(14)4-2-3-5-13;/h6-7H,2-5,14H2,1H3;1H. The third kappa shape index (κ3) is 2.63. The summed E-state index contributed by atoms with van der Waals surface area (Å²) in [5.74, 6) is 1.07. The number of hydrogen-bond acceptors (Lipinski definition) is 6. The van der Waals surface area contributed by atoms with E-state index in [1.807, 2.05) is 0 Å². The van der Waals surface area contributed by atoms with Crippen LogP contribution in [0.5, 0.6) is 0 Å². The number of carbonyl (C=O) groups excluding carboxylic acids is 1. The fourth-order valence-corrected chi connectivity index (χ4v) is 3.25. The molecule has 5 nitrogen and oxygen atoms in total. The first-order valence-corrected chi connectivity index (χ1v) is 7.19. The lowest BCUT2D eigenvalue weighted by atomic mass is 9.99. The van der Waals surface area contributed by atoms with Gasteiger partial charge in [-0.05, 0) is 25.8 Å². The number of carbonyl (C=O) groups is 1. The molecule has 1 fully saturated rings. The average molecular weight is 314 g/mol. The van der Waals surface area contributed by atoms with Crippen LogP contribution < -0.4 is 5.73 Å². The second-order valence-corrected chi connectivity index (χ2v) is 5.95. The summed E-state index contributed by atoms with van der Waals surface area (Å²) < 4.78 is 5.28. The molecule has 2 N–H and O–H groups in total. The molecule has 3 rings (SSSR count). The summed E-state index contributed by atoms with van der Waals surface area (Å²) in [4.78, 5) is 16.5. The smallest absolute Gasteiger partial charge is 0.268 e. The zero-order valence-corrected chi connectivity index (χ0v) is 12.7. The van der Waals surface area contributed by atoms with E-state index in [9.17, 15) is 4.79 Å². The van der Waals surface area contributed by atoms with Crippen molar-refractivity contribution >= 4 is 29.5 Å². The second kappa shape index (κ2) is 5.63. The number of rotatable bonds is 3. The first-order chi connectivity index (χ1) is 9.08. The van der Waals surface area contributed by atoms with E-state index in [0.29, 0.717) is 17.3 Å². The molecule has 0 unspecified atom stereocenters. The lowest BCUT2D eigenvalue weighted by Gasteiger charge is -2.17. The Kier molecular flexibility index (Phi) is 4.27. The maximum absolute atomic E-state index is 11.3. The quantitative estimate of drug-likeness (QED) is 0.880. The number of nitrogens with two attached hydrogens (primary N) is 1. The first kappa shape index (κ1) is 15.2. The van der Waals surface area contributed by atoms with Crippen LogP contribution in [0.4, 0.5) is 0 Å². The van der Waals surface area contributed by atoms with Gasteiger partial charge in [0.2, 0.25) is 0 Å². The number of aromatic nitrogens is 2. The van der Waals surface area contributed by atoms with Crippen molar-refractivity contribution < 1.29 is 9.32 Å². The van der Waals surface area contributed by atoms with E-state index in [-0.39, 0.29) is 18.2 Å². The number of hydrogen-bond donors (Lipinski definition) is 1. The highest BCUT2D eigenvalue weighted by Crippen LogP contribution is 2.36. The van der Waals surface area contributed by atoms with Crippen molar-refractivity contribution in [2.24, 2.45) is 5.73 Å². The zero-order valence-electron chi connectivity index (χ0n) is 11.1. The zero-order chi connectivity index (χ0) is 13.5. The summed E-state index contributed by atoms with van der Waals surface area (Å²) in [6, 6.07) is 1.78. The van der Waals surface area contributed by atoms with Gasteiger partial charge < -0.3 is 10.3 Å². The van der Waals surface area contributed by atoms with Crippen LogP contribution >= 0.6 is 23.7 Å². The van der Waals surface area contributed by atoms with Crippen LogP contribution in [0, 0.1) is 0 Å². The molecule has 0 amide bonds. The lowest BCUT2D eigenvalue weighted by Crippen LogP contribution is -2.34. The highest BCUT2D eigenvalue weighted by Gasteiger charge is 2.36. The van der Waals surface area contributed by atoms with Crippen LogP contribution in [-0.2, 0) is 5.54 Å². The van der Waals surface area contributed by atoms with Crippen molar-refractivity contribution in [1.29, 1.82) is 0 Å². The Morgan fingerprint density at radius 3 is 2.75 bits per heavy atom. The third-order valence-corrected chi connectivity index (χ3v) is 4.50. The average Bonchev–Trinajstić information content (AvgIpc) is 3.08. The second-order valence-electron chi connectivity index (χ2n) is 5.04. The minimum Gasteiger partial charge on any atom is -0.333 e. The van der Waals surface area contributed by atoms with E-state index >= 15 is 0 Å². The minimum atomic E-state index is -0.442. The minimum absolute atomic E-state index is 0. The van der Waals surface area contributed by atoms with Crippen LogP contribution in [-0.4, -0.2) is 15.9 Å². The number of nitrogens with zero attached hydrogens (tertiary/aromatic N) is 2. The van der Waals surface area contributed by atoms with E-state index in [1.165, 1.54) is 11.3 Å². The topological polar surface area (TPSA) is 82.0 Å². The van der Waals surface area contributed by atoms with Gasteiger partial charge in [0, 0.05) is 10.9 Å².